The van der Waals surface area contributed by atoms with Crippen LogP contribution in [0.3, 0.4) is 0 Å². The zero-order valence-electron chi connectivity index (χ0n) is 14.7. The van der Waals surface area contributed by atoms with Crippen LogP contribution in [-0.2, 0) is 0 Å². The Hall–Kier alpha value is -2.40. The molecular weight excluding hydrogens is 332 g/mol. The number of thioether (sulfide) groups is 1. The number of nitrogens with zero attached hydrogens (tertiary/aromatic N) is 2. The fraction of sp³-hybridized carbons (Fsp3) is 0.250. The van der Waals surface area contributed by atoms with E-state index in [9.17, 15) is 4.79 Å². The molecule has 3 rings (SSSR count). The van der Waals surface area contributed by atoms with Crippen LogP contribution in [0.2, 0.25) is 0 Å². The van der Waals surface area contributed by atoms with Crippen LogP contribution in [0, 0.1) is 20.8 Å². The van der Waals surface area contributed by atoms with E-state index in [0.29, 0.717) is 16.7 Å². The van der Waals surface area contributed by atoms with Gasteiger partial charge in [-0.3, -0.25) is 4.79 Å². The number of Topliss-reactive ketones (excluding diaryl/α,β-unsaturated/α-hetero) is 1. The zero-order valence-corrected chi connectivity index (χ0v) is 15.6. The van der Waals surface area contributed by atoms with Crippen molar-refractivity contribution in [3.63, 3.8) is 0 Å². The molecule has 0 aliphatic heterocycles. The third-order valence-electron chi connectivity index (χ3n) is 4.22. The van der Waals surface area contributed by atoms with Gasteiger partial charge >= 0.3 is 0 Å². The molecule has 1 aromatic heterocycles. The Labute approximate surface area is 151 Å². The van der Waals surface area contributed by atoms with Crippen molar-refractivity contribution in [2.75, 3.05) is 0 Å². The van der Waals surface area contributed by atoms with Gasteiger partial charge in [0.2, 0.25) is 5.89 Å². The van der Waals surface area contributed by atoms with E-state index in [1.54, 1.807) is 0 Å². The average molecular weight is 352 g/mol. The minimum atomic E-state index is -0.299. The van der Waals surface area contributed by atoms with E-state index >= 15 is 0 Å². The molecule has 0 radical (unpaired) electrons. The Kier molecular flexibility index (Phi) is 5.04. The van der Waals surface area contributed by atoms with Gasteiger partial charge in [0.15, 0.2) is 5.78 Å². The topological polar surface area (TPSA) is 56.0 Å². The fourth-order valence-corrected chi connectivity index (χ4v) is 3.27. The summed E-state index contributed by atoms with van der Waals surface area (Å²) in [7, 11) is 0. The van der Waals surface area contributed by atoms with Gasteiger partial charge in [-0.2, -0.15) is 0 Å². The number of benzene rings is 2. The van der Waals surface area contributed by atoms with Crippen molar-refractivity contribution in [3.8, 4) is 11.5 Å². The van der Waals surface area contributed by atoms with Crippen LogP contribution in [0.15, 0.2) is 52.1 Å². The number of aromatic nitrogens is 2. The zero-order chi connectivity index (χ0) is 18.0. The van der Waals surface area contributed by atoms with Crippen LogP contribution in [0.4, 0.5) is 0 Å². The van der Waals surface area contributed by atoms with Gasteiger partial charge in [-0.05, 0) is 56.5 Å². The van der Waals surface area contributed by atoms with Gasteiger partial charge < -0.3 is 4.42 Å². The van der Waals surface area contributed by atoms with Crippen LogP contribution in [-0.4, -0.2) is 21.2 Å². The lowest BCUT2D eigenvalue weighted by Gasteiger charge is -2.09. The van der Waals surface area contributed by atoms with Crippen molar-refractivity contribution < 1.29 is 9.21 Å². The van der Waals surface area contributed by atoms with Crippen molar-refractivity contribution in [2.24, 2.45) is 0 Å². The molecule has 5 heteroatoms. The molecule has 0 aliphatic carbocycles. The van der Waals surface area contributed by atoms with Gasteiger partial charge in [-0.15, -0.1) is 10.2 Å². The molecular formula is C20H20N2O2S. The Morgan fingerprint density at radius 2 is 1.76 bits per heavy atom. The molecule has 0 spiro atoms. The first-order chi connectivity index (χ1) is 12.0. The fourth-order valence-electron chi connectivity index (χ4n) is 2.51. The summed E-state index contributed by atoms with van der Waals surface area (Å²) in [6, 6.07) is 13.6. The number of carbonyl (C=O) groups excluding carboxylic acids is 1. The molecule has 1 heterocycles. The first-order valence-electron chi connectivity index (χ1n) is 8.13. The third kappa shape index (κ3) is 3.82. The minimum absolute atomic E-state index is 0.0590. The smallest absolute Gasteiger partial charge is 0.277 e. The van der Waals surface area contributed by atoms with Crippen LogP contribution in [0.5, 0.6) is 0 Å². The van der Waals surface area contributed by atoms with E-state index in [1.807, 2.05) is 70.2 Å². The van der Waals surface area contributed by atoms with Crippen molar-refractivity contribution in [1.29, 1.82) is 0 Å². The summed E-state index contributed by atoms with van der Waals surface area (Å²) in [5.41, 5.74) is 4.98. The highest BCUT2D eigenvalue weighted by Gasteiger charge is 2.20. The van der Waals surface area contributed by atoms with Gasteiger partial charge in [0, 0.05) is 11.1 Å². The summed E-state index contributed by atoms with van der Waals surface area (Å²) in [5, 5.41) is 8.29. The number of carbonyl (C=O) groups is 1. The maximum atomic E-state index is 12.6. The maximum Gasteiger partial charge on any atom is 0.277 e. The molecule has 1 atom stereocenters. The van der Waals surface area contributed by atoms with E-state index in [0.717, 1.165) is 16.7 Å². The minimum Gasteiger partial charge on any atom is -0.411 e. The van der Waals surface area contributed by atoms with Crippen molar-refractivity contribution >= 4 is 17.5 Å². The van der Waals surface area contributed by atoms with E-state index in [2.05, 4.69) is 10.2 Å². The van der Waals surface area contributed by atoms with Crippen molar-refractivity contribution in [2.45, 2.75) is 38.2 Å². The molecule has 0 fully saturated rings. The number of hydrogen-bond donors (Lipinski definition) is 0. The summed E-state index contributed by atoms with van der Waals surface area (Å²) < 4.78 is 5.74. The lowest BCUT2D eigenvalue weighted by molar-refractivity contribution is 0.0993. The van der Waals surface area contributed by atoms with Gasteiger partial charge in [0.05, 0.1) is 5.25 Å². The summed E-state index contributed by atoms with van der Waals surface area (Å²) in [5.74, 6) is 0.537. The van der Waals surface area contributed by atoms with Gasteiger partial charge in [-0.25, -0.2) is 0 Å². The molecule has 25 heavy (non-hydrogen) atoms. The molecule has 2 aromatic carbocycles. The Morgan fingerprint density at radius 1 is 1.00 bits per heavy atom. The number of hydrogen-bond acceptors (Lipinski definition) is 5. The molecule has 0 aliphatic rings. The number of ketones is 1. The van der Waals surface area contributed by atoms with E-state index in [1.165, 1.54) is 17.3 Å². The van der Waals surface area contributed by atoms with E-state index < -0.39 is 0 Å². The largest absolute Gasteiger partial charge is 0.411 e. The lowest BCUT2D eigenvalue weighted by Crippen LogP contribution is -2.13. The summed E-state index contributed by atoms with van der Waals surface area (Å²) in [6.45, 7) is 7.90. The van der Waals surface area contributed by atoms with Crippen molar-refractivity contribution in [3.05, 3.63) is 64.7 Å². The Balaban J connectivity index is 1.75. The SMILES string of the molecule is Cc1ccc(C(=O)[C@@H](C)Sc2nnc(-c3ccccc3C)o2)cc1C. The van der Waals surface area contributed by atoms with Gasteiger partial charge in [-0.1, -0.05) is 42.1 Å². The molecule has 0 saturated heterocycles. The lowest BCUT2D eigenvalue weighted by atomic mass is 10.0. The highest BCUT2D eigenvalue weighted by molar-refractivity contribution is 8.00. The molecule has 0 N–H and O–H groups in total. The van der Waals surface area contributed by atoms with E-state index in [4.69, 9.17) is 4.42 Å². The Bertz CT molecular complexity index is 918. The molecule has 128 valence electrons. The molecule has 0 saturated carbocycles. The second-order valence-electron chi connectivity index (χ2n) is 6.11. The van der Waals surface area contributed by atoms with Crippen molar-refractivity contribution in [1.82, 2.24) is 10.2 Å². The van der Waals surface area contributed by atoms with Crippen LogP contribution < -0.4 is 0 Å². The Morgan fingerprint density at radius 3 is 2.48 bits per heavy atom. The summed E-state index contributed by atoms with van der Waals surface area (Å²) in [4.78, 5) is 12.6. The molecule has 0 bridgehead atoms. The third-order valence-corrected chi connectivity index (χ3v) is 5.15. The van der Waals surface area contributed by atoms with Gasteiger partial charge in [0.25, 0.3) is 5.22 Å². The molecule has 4 nitrogen and oxygen atoms in total. The normalized spacial score (nSPS) is 12.2. The maximum absolute atomic E-state index is 12.6. The molecule has 0 amide bonds. The predicted octanol–water partition coefficient (Wildman–Crippen LogP) is 5.03. The van der Waals surface area contributed by atoms with Crippen LogP contribution in [0.25, 0.3) is 11.5 Å². The second kappa shape index (κ2) is 7.23. The first kappa shape index (κ1) is 17.4. The first-order valence-corrected chi connectivity index (χ1v) is 9.01. The summed E-state index contributed by atoms with van der Waals surface area (Å²) >= 11 is 1.29. The number of rotatable bonds is 5. The molecule has 0 unspecified atom stereocenters. The quantitative estimate of drug-likeness (QED) is 0.476. The molecule has 3 aromatic rings. The highest BCUT2D eigenvalue weighted by atomic mass is 32.2. The highest BCUT2D eigenvalue weighted by Crippen LogP contribution is 2.29. The monoisotopic (exact) mass is 352 g/mol. The summed E-state index contributed by atoms with van der Waals surface area (Å²) in [6.07, 6.45) is 0. The van der Waals surface area contributed by atoms with Crippen LogP contribution in [0.1, 0.15) is 34.0 Å². The number of aryl methyl sites for hydroxylation is 3. The standard InChI is InChI=1S/C20H20N2O2S/c1-12-9-10-16(11-14(12)3)18(23)15(4)25-20-22-21-19(24-20)17-8-6-5-7-13(17)2/h5-11,15H,1-4H3/t15-/m1/s1. The average Bonchev–Trinajstić information content (AvgIpc) is 3.05. The predicted molar refractivity (Wildman–Crippen MR) is 100 cm³/mol. The van der Waals surface area contributed by atoms with E-state index in [-0.39, 0.29) is 11.0 Å². The van der Waals surface area contributed by atoms with Gasteiger partial charge in [0.1, 0.15) is 0 Å². The second-order valence-corrected chi connectivity index (χ2v) is 7.40. The van der Waals surface area contributed by atoms with Crippen LogP contribution >= 0.6 is 11.8 Å².